The summed E-state index contributed by atoms with van der Waals surface area (Å²) >= 11 is 0. The molecule has 0 radical (unpaired) electrons. The molecule has 0 heterocycles. The van der Waals surface area contributed by atoms with Gasteiger partial charge in [0.1, 0.15) is 0 Å². The molecule has 0 bridgehead atoms. The first-order valence-corrected chi connectivity index (χ1v) is 7.56. The molecule has 100 valence electrons. The number of hydrogen-bond acceptors (Lipinski definition) is 1. The van der Waals surface area contributed by atoms with Gasteiger partial charge in [-0.3, -0.25) is 0 Å². The topological polar surface area (TPSA) is 12.0 Å². The van der Waals surface area contributed by atoms with E-state index in [-0.39, 0.29) is 0 Å². The van der Waals surface area contributed by atoms with E-state index in [1.165, 1.54) is 38.5 Å². The first-order valence-electron chi connectivity index (χ1n) is 7.56. The minimum atomic E-state index is 0.709. The Labute approximate surface area is 108 Å². The van der Waals surface area contributed by atoms with Crippen LogP contribution in [0.1, 0.15) is 59.3 Å². The van der Waals surface area contributed by atoms with Gasteiger partial charge in [0, 0.05) is 6.04 Å². The molecule has 0 aromatic carbocycles. The highest BCUT2D eigenvalue weighted by Gasteiger charge is 2.23. The summed E-state index contributed by atoms with van der Waals surface area (Å²) in [4.78, 5) is 0. The van der Waals surface area contributed by atoms with E-state index in [2.05, 4.69) is 45.3 Å². The van der Waals surface area contributed by atoms with Crippen molar-refractivity contribution in [3.05, 3.63) is 12.2 Å². The molecule has 1 N–H and O–H groups in total. The molecule has 4 unspecified atom stereocenters. The molecule has 1 heteroatoms. The fourth-order valence-electron chi connectivity index (χ4n) is 3.09. The van der Waals surface area contributed by atoms with Crippen LogP contribution in [-0.2, 0) is 0 Å². The van der Waals surface area contributed by atoms with E-state index < -0.39 is 0 Å². The van der Waals surface area contributed by atoms with Gasteiger partial charge < -0.3 is 5.32 Å². The van der Waals surface area contributed by atoms with Crippen molar-refractivity contribution in [3.8, 4) is 0 Å². The Kier molecular flexibility index (Phi) is 6.87. The first kappa shape index (κ1) is 14.8. The lowest BCUT2D eigenvalue weighted by Crippen LogP contribution is -2.29. The van der Waals surface area contributed by atoms with Crippen LogP contribution in [0.25, 0.3) is 0 Å². The van der Waals surface area contributed by atoms with Gasteiger partial charge in [-0.05, 0) is 56.9 Å². The van der Waals surface area contributed by atoms with E-state index in [0.29, 0.717) is 6.04 Å². The molecule has 0 aliphatic heterocycles. The van der Waals surface area contributed by atoms with E-state index in [9.17, 15) is 0 Å². The van der Waals surface area contributed by atoms with Crippen molar-refractivity contribution in [1.82, 2.24) is 5.32 Å². The molecule has 1 aliphatic rings. The Bertz CT molecular complexity index is 218. The van der Waals surface area contributed by atoms with Crippen LogP contribution in [0.15, 0.2) is 12.2 Å². The van der Waals surface area contributed by atoms with Crippen molar-refractivity contribution in [1.29, 1.82) is 0 Å². The molecular formula is C16H31N. The van der Waals surface area contributed by atoms with Gasteiger partial charge in [0.05, 0.1) is 0 Å². The van der Waals surface area contributed by atoms with Gasteiger partial charge in [0.2, 0.25) is 0 Å². The molecule has 0 fully saturated rings. The van der Waals surface area contributed by atoms with Crippen LogP contribution in [0, 0.1) is 17.8 Å². The molecule has 1 rings (SSSR count). The SMILES string of the molecule is CCCC1C=CC(C)CCC1CC(CC)NC. The average molecular weight is 237 g/mol. The highest BCUT2D eigenvalue weighted by atomic mass is 14.9. The molecule has 1 nitrogen and oxygen atoms in total. The maximum atomic E-state index is 3.47. The molecule has 0 saturated carbocycles. The Morgan fingerprint density at radius 3 is 2.59 bits per heavy atom. The molecule has 0 aromatic rings. The van der Waals surface area contributed by atoms with Crippen molar-refractivity contribution < 1.29 is 0 Å². The van der Waals surface area contributed by atoms with Gasteiger partial charge in [-0.2, -0.15) is 0 Å². The predicted octanol–water partition coefficient (Wildman–Crippen LogP) is 4.39. The van der Waals surface area contributed by atoms with Crippen molar-refractivity contribution in [2.75, 3.05) is 7.05 Å². The monoisotopic (exact) mass is 237 g/mol. The van der Waals surface area contributed by atoms with E-state index in [1.807, 2.05) is 0 Å². The zero-order valence-corrected chi connectivity index (χ0v) is 12.2. The quantitative estimate of drug-likeness (QED) is 0.675. The van der Waals surface area contributed by atoms with Gasteiger partial charge in [0.25, 0.3) is 0 Å². The predicted molar refractivity (Wildman–Crippen MR) is 77.2 cm³/mol. The van der Waals surface area contributed by atoms with Crippen molar-refractivity contribution in [3.63, 3.8) is 0 Å². The minimum absolute atomic E-state index is 0.709. The number of hydrogen-bond donors (Lipinski definition) is 1. The molecule has 4 atom stereocenters. The Morgan fingerprint density at radius 2 is 2.00 bits per heavy atom. The summed E-state index contributed by atoms with van der Waals surface area (Å²) < 4.78 is 0. The van der Waals surface area contributed by atoms with Crippen LogP contribution in [0.4, 0.5) is 0 Å². The van der Waals surface area contributed by atoms with Crippen LogP contribution in [-0.4, -0.2) is 13.1 Å². The van der Waals surface area contributed by atoms with Crippen LogP contribution in [0.3, 0.4) is 0 Å². The number of rotatable bonds is 6. The highest BCUT2D eigenvalue weighted by molar-refractivity contribution is 4.98. The maximum Gasteiger partial charge on any atom is 0.00642 e. The second-order valence-electron chi connectivity index (χ2n) is 5.78. The zero-order chi connectivity index (χ0) is 12.7. The van der Waals surface area contributed by atoms with Crippen LogP contribution in [0.5, 0.6) is 0 Å². The van der Waals surface area contributed by atoms with Gasteiger partial charge in [-0.1, -0.05) is 39.3 Å². The Hall–Kier alpha value is -0.300. The summed E-state index contributed by atoms with van der Waals surface area (Å²) in [5.41, 5.74) is 0. The lowest BCUT2D eigenvalue weighted by atomic mass is 9.81. The summed E-state index contributed by atoms with van der Waals surface area (Å²) in [5, 5.41) is 3.47. The van der Waals surface area contributed by atoms with E-state index in [4.69, 9.17) is 0 Å². The maximum absolute atomic E-state index is 3.47. The summed E-state index contributed by atoms with van der Waals surface area (Å²) in [6, 6.07) is 0.709. The number of allylic oxidation sites excluding steroid dienone is 2. The number of nitrogens with one attached hydrogen (secondary N) is 1. The summed E-state index contributed by atoms with van der Waals surface area (Å²) in [6.45, 7) is 6.97. The van der Waals surface area contributed by atoms with E-state index >= 15 is 0 Å². The molecular weight excluding hydrogens is 206 g/mol. The Balaban J connectivity index is 2.61. The van der Waals surface area contributed by atoms with E-state index in [0.717, 1.165) is 17.8 Å². The average Bonchev–Trinajstić information content (AvgIpc) is 2.51. The fraction of sp³-hybridized carbons (Fsp3) is 0.875. The van der Waals surface area contributed by atoms with Crippen molar-refractivity contribution >= 4 is 0 Å². The highest BCUT2D eigenvalue weighted by Crippen LogP contribution is 2.33. The van der Waals surface area contributed by atoms with Gasteiger partial charge in [-0.15, -0.1) is 0 Å². The molecule has 0 saturated heterocycles. The molecule has 0 spiro atoms. The van der Waals surface area contributed by atoms with Crippen LogP contribution >= 0.6 is 0 Å². The molecule has 0 amide bonds. The minimum Gasteiger partial charge on any atom is -0.317 e. The normalized spacial score (nSPS) is 31.2. The summed E-state index contributed by atoms with van der Waals surface area (Å²) in [5.74, 6) is 2.51. The van der Waals surface area contributed by atoms with Gasteiger partial charge in [0.15, 0.2) is 0 Å². The lowest BCUT2D eigenvalue weighted by molar-refractivity contribution is 0.284. The third-order valence-electron chi connectivity index (χ3n) is 4.40. The van der Waals surface area contributed by atoms with Crippen LogP contribution in [0.2, 0.25) is 0 Å². The third kappa shape index (κ3) is 4.83. The second-order valence-corrected chi connectivity index (χ2v) is 5.78. The first-order chi connectivity index (χ1) is 8.21. The lowest BCUT2D eigenvalue weighted by Gasteiger charge is -2.27. The molecule has 17 heavy (non-hydrogen) atoms. The molecule has 1 aliphatic carbocycles. The van der Waals surface area contributed by atoms with Gasteiger partial charge in [-0.25, -0.2) is 0 Å². The molecule has 0 aromatic heterocycles. The van der Waals surface area contributed by atoms with Crippen LogP contribution < -0.4 is 5.32 Å². The smallest absolute Gasteiger partial charge is 0.00642 e. The fourth-order valence-corrected chi connectivity index (χ4v) is 3.09. The van der Waals surface area contributed by atoms with Crippen molar-refractivity contribution in [2.24, 2.45) is 17.8 Å². The van der Waals surface area contributed by atoms with Crippen molar-refractivity contribution in [2.45, 2.75) is 65.3 Å². The Morgan fingerprint density at radius 1 is 1.24 bits per heavy atom. The standard InChI is InChI=1S/C16H31N/c1-5-7-14-10-8-13(3)9-11-15(14)12-16(6-2)17-4/h8,10,13-17H,5-7,9,11-12H2,1-4H3. The zero-order valence-electron chi connectivity index (χ0n) is 12.2. The summed E-state index contributed by atoms with van der Waals surface area (Å²) in [7, 11) is 2.11. The van der Waals surface area contributed by atoms with Gasteiger partial charge >= 0.3 is 0 Å². The van der Waals surface area contributed by atoms with E-state index in [1.54, 1.807) is 0 Å². The second kappa shape index (κ2) is 7.92. The third-order valence-corrected chi connectivity index (χ3v) is 4.40. The largest absolute Gasteiger partial charge is 0.317 e. The summed E-state index contributed by atoms with van der Waals surface area (Å²) in [6.07, 6.45) is 13.1.